The van der Waals surface area contributed by atoms with Crippen molar-refractivity contribution < 1.29 is 4.79 Å². The molecule has 3 aromatic carbocycles. The first-order valence-corrected chi connectivity index (χ1v) is 9.83. The average molecular weight is 402 g/mol. The zero-order valence-electron chi connectivity index (χ0n) is 15.8. The summed E-state index contributed by atoms with van der Waals surface area (Å²) in [5.41, 5.74) is 3.96. The van der Waals surface area contributed by atoms with Crippen molar-refractivity contribution in [2.24, 2.45) is 0 Å². The molecule has 29 heavy (non-hydrogen) atoms. The lowest BCUT2D eigenvalue weighted by molar-refractivity contribution is 0.0946. The van der Waals surface area contributed by atoms with Crippen LogP contribution in [0.2, 0.25) is 5.02 Å². The predicted octanol–water partition coefficient (Wildman–Crippen LogP) is 5.17. The summed E-state index contributed by atoms with van der Waals surface area (Å²) in [4.78, 5) is 13.0. The molecule has 5 heteroatoms. The molecule has 1 aromatic heterocycles. The summed E-state index contributed by atoms with van der Waals surface area (Å²) in [6.45, 7) is 0.539. The lowest BCUT2D eigenvalue weighted by atomic mass is 10.1. The Morgan fingerprint density at radius 1 is 0.897 bits per heavy atom. The van der Waals surface area contributed by atoms with Gasteiger partial charge in [0.05, 0.1) is 16.4 Å². The number of nitrogens with zero attached hydrogens (tertiary/aromatic N) is 2. The summed E-state index contributed by atoms with van der Waals surface area (Å²) >= 11 is 6.38. The van der Waals surface area contributed by atoms with E-state index in [-0.39, 0.29) is 5.91 Å². The van der Waals surface area contributed by atoms with Crippen molar-refractivity contribution in [2.75, 3.05) is 6.54 Å². The van der Waals surface area contributed by atoms with E-state index >= 15 is 0 Å². The zero-order valence-corrected chi connectivity index (χ0v) is 16.5. The van der Waals surface area contributed by atoms with Gasteiger partial charge in [-0.15, -0.1) is 0 Å². The van der Waals surface area contributed by atoms with Crippen molar-refractivity contribution in [3.8, 4) is 16.9 Å². The Hall–Kier alpha value is -3.37. The van der Waals surface area contributed by atoms with Gasteiger partial charge < -0.3 is 5.32 Å². The van der Waals surface area contributed by atoms with Crippen LogP contribution in [0.1, 0.15) is 16.1 Å². The molecule has 0 bridgehead atoms. The van der Waals surface area contributed by atoms with E-state index < -0.39 is 0 Å². The van der Waals surface area contributed by atoms with Crippen molar-refractivity contribution >= 4 is 17.5 Å². The molecular weight excluding hydrogens is 382 g/mol. The molecule has 0 saturated carbocycles. The van der Waals surface area contributed by atoms with Crippen molar-refractivity contribution in [3.05, 3.63) is 107 Å². The first-order chi connectivity index (χ1) is 14.2. The molecule has 1 N–H and O–H groups in total. The number of benzene rings is 3. The standard InChI is InChI=1S/C24H20ClN3O/c25-20-13-7-8-14-22(20)28-23(17-21(27-28)19-11-5-2-6-12-19)24(29)26-16-15-18-9-3-1-4-10-18/h1-14,17H,15-16H2,(H,26,29). The highest BCUT2D eigenvalue weighted by atomic mass is 35.5. The van der Waals surface area contributed by atoms with Crippen LogP contribution in [0.3, 0.4) is 0 Å². The maximum atomic E-state index is 13.0. The fourth-order valence-corrected chi connectivity index (χ4v) is 3.37. The molecule has 0 saturated heterocycles. The molecule has 0 aliphatic heterocycles. The Morgan fingerprint density at radius 3 is 2.28 bits per heavy atom. The molecule has 144 valence electrons. The monoisotopic (exact) mass is 401 g/mol. The molecule has 4 nitrogen and oxygen atoms in total. The fraction of sp³-hybridized carbons (Fsp3) is 0.0833. The molecule has 0 atom stereocenters. The van der Waals surface area contributed by atoms with Crippen molar-refractivity contribution in [1.29, 1.82) is 0 Å². The van der Waals surface area contributed by atoms with Gasteiger partial charge in [0.25, 0.3) is 5.91 Å². The van der Waals surface area contributed by atoms with Gasteiger partial charge in [-0.05, 0) is 30.2 Å². The molecular formula is C24H20ClN3O. The van der Waals surface area contributed by atoms with E-state index in [9.17, 15) is 4.79 Å². The Kier molecular flexibility index (Phi) is 5.73. The lowest BCUT2D eigenvalue weighted by Gasteiger charge is -2.09. The highest BCUT2D eigenvalue weighted by molar-refractivity contribution is 6.32. The summed E-state index contributed by atoms with van der Waals surface area (Å²) < 4.78 is 1.61. The first-order valence-electron chi connectivity index (χ1n) is 9.45. The summed E-state index contributed by atoms with van der Waals surface area (Å²) in [5, 5.41) is 8.20. The number of hydrogen-bond donors (Lipinski definition) is 1. The molecule has 0 unspecified atom stereocenters. The maximum absolute atomic E-state index is 13.0. The number of hydrogen-bond acceptors (Lipinski definition) is 2. The number of carbonyl (C=O) groups excluding carboxylic acids is 1. The second kappa shape index (κ2) is 8.76. The minimum absolute atomic E-state index is 0.185. The number of nitrogens with one attached hydrogen (secondary N) is 1. The smallest absolute Gasteiger partial charge is 0.270 e. The predicted molar refractivity (Wildman–Crippen MR) is 116 cm³/mol. The SMILES string of the molecule is O=C(NCCc1ccccc1)c1cc(-c2ccccc2)nn1-c1ccccc1Cl. The first kappa shape index (κ1) is 19.0. The number of para-hydroxylation sites is 1. The number of carbonyl (C=O) groups is 1. The highest BCUT2D eigenvalue weighted by Crippen LogP contribution is 2.25. The van der Waals surface area contributed by atoms with E-state index in [0.29, 0.717) is 22.9 Å². The highest BCUT2D eigenvalue weighted by Gasteiger charge is 2.18. The van der Waals surface area contributed by atoms with Crippen LogP contribution in [-0.4, -0.2) is 22.2 Å². The van der Waals surface area contributed by atoms with E-state index in [1.165, 1.54) is 5.56 Å². The quantitative estimate of drug-likeness (QED) is 0.484. The Bertz CT molecular complexity index is 1110. The molecule has 4 aromatic rings. The minimum Gasteiger partial charge on any atom is -0.350 e. The van der Waals surface area contributed by atoms with Gasteiger partial charge in [0, 0.05) is 12.1 Å². The lowest BCUT2D eigenvalue weighted by Crippen LogP contribution is -2.27. The largest absolute Gasteiger partial charge is 0.350 e. The zero-order chi connectivity index (χ0) is 20.1. The van der Waals surface area contributed by atoms with E-state index in [1.54, 1.807) is 16.8 Å². The van der Waals surface area contributed by atoms with Gasteiger partial charge in [-0.3, -0.25) is 4.79 Å². The van der Waals surface area contributed by atoms with Crippen LogP contribution in [0.25, 0.3) is 16.9 Å². The van der Waals surface area contributed by atoms with Crippen LogP contribution in [-0.2, 0) is 6.42 Å². The van der Waals surface area contributed by atoms with E-state index in [1.807, 2.05) is 78.9 Å². The molecule has 1 heterocycles. The number of halogens is 1. The number of amides is 1. The number of rotatable bonds is 6. The van der Waals surface area contributed by atoms with Gasteiger partial charge in [-0.2, -0.15) is 5.10 Å². The van der Waals surface area contributed by atoms with Crippen molar-refractivity contribution in [1.82, 2.24) is 15.1 Å². The van der Waals surface area contributed by atoms with Crippen LogP contribution < -0.4 is 5.32 Å². The van der Waals surface area contributed by atoms with Gasteiger partial charge in [-0.25, -0.2) is 4.68 Å². The maximum Gasteiger partial charge on any atom is 0.270 e. The van der Waals surface area contributed by atoms with Gasteiger partial charge in [0.2, 0.25) is 0 Å². The molecule has 0 fully saturated rings. The van der Waals surface area contributed by atoms with Gasteiger partial charge in [0.15, 0.2) is 0 Å². The summed E-state index contributed by atoms with van der Waals surface area (Å²) in [6, 6.07) is 29.0. The number of aromatic nitrogens is 2. The van der Waals surface area contributed by atoms with Crippen LogP contribution in [0.15, 0.2) is 91.0 Å². The van der Waals surface area contributed by atoms with Gasteiger partial charge in [0.1, 0.15) is 5.69 Å². The Morgan fingerprint density at radius 2 is 1.55 bits per heavy atom. The topological polar surface area (TPSA) is 46.9 Å². The van der Waals surface area contributed by atoms with Crippen LogP contribution >= 0.6 is 11.6 Å². The third-order valence-corrected chi connectivity index (χ3v) is 4.95. The van der Waals surface area contributed by atoms with E-state index in [4.69, 9.17) is 11.6 Å². The van der Waals surface area contributed by atoms with E-state index in [2.05, 4.69) is 10.4 Å². The fourth-order valence-electron chi connectivity index (χ4n) is 3.16. The summed E-state index contributed by atoms with van der Waals surface area (Å²) in [7, 11) is 0. The molecule has 1 amide bonds. The van der Waals surface area contributed by atoms with Crippen LogP contribution in [0.4, 0.5) is 0 Å². The van der Waals surface area contributed by atoms with E-state index in [0.717, 1.165) is 17.7 Å². The Labute approximate surface area is 174 Å². The summed E-state index contributed by atoms with van der Waals surface area (Å²) in [6.07, 6.45) is 0.762. The normalized spacial score (nSPS) is 10.7. The van der Waals surface area contributed by atoms with Gasteiger partial charge >= 0.3 is 0 Å². The summed E-state index contributed by atoms with van der Waals surface area (Å²) in [5.74, 6) is -0.185. The second-order valence-corrected chi connectivity index (χ2v) is 7.04. The third-order valence-electron chi connectivity index (χ3n) is 4.63. The van der Waals surface area contributed by atoms with Crippen LogP contribution in [0, 0.1) is 0 Å². The molecule has 0 aliphatic carbocycles. The van der Waals surface area contributed by atoms with Gasteiger partial charge in [-0.1, -0.05) is 84.4 Å². The minimum atomic E-state index is -0.185. The second-order valence-electron chi connectivity index (χ2n) is 6.64. The van der Waals surface area contributed by atoms with Crippen molar-refractivity contribution in [3.63, 3.8) is 0 Å². The third kappa shape index (κ3) is 4.39. The van der Waals surface area contributed by atoms with Crippen LogP contribution in [0.5, 0.6) is 0 Å². The van der Waals surface area contributed by atoms with Crippen molar-refractivity contribution in [2.45, 2.75) is 6.42 Å². The average Bonchev–Trinajstić information content (AvgIpc) is 3.21. The Balaban J connectivity index is 1.63. The molecule has 4 rings (SSSR count). The molecule has 0 spiro atoms. The molecule has 0 radical (unpaired) electrons. The molecule has 0 aliphatic rings.